The SMILES string of the molecule is O=C(O)CN1C(=O)C(=O)N(C2CCCCC2)C1=O. The van der Waals surface area contributed by atoms with Gasteiger partial charge in [-0.1, -0.05) is 19.3 Å². The lowest BCUT2D eigenvalue weighted by atomic mass is 9.94. The largest absolute Gasteiger partial charge is 0.480 e. The van der Waals surface area contributed by atoms with Crippen molar-refractivity contribution in [1.29, 1.82) is 0 Å². The van der Waals surface area contributed by atoms with Gasteiger partial charge in [0.2, 0.25) is 0 Å². The van der Waals surface area contributed by atoms with Gasteiger partial charge >= 0.3 is 23.8 Å². The minimum absolute atomic E-state index is 0.263. The van der Waals surface area contributed by atoms with Crippen molar-refractivity contribution in [2.24, 2.45) is 0 Å². The number of nitrogens with zero attached hydrogens (tertiary/aromatic N) is 2. The van der Waals surface area contributed by atoms with Gasteiger partial charge in [0, 0.05) is 6.04 Å². The fourth-order valence-electron chi connectivity index (χ4n) is 2.46. The zero-order chi connectivity index (χ0) is 13.3. The summed E-state index contributed by atoms with van der Waals surface area (Å²) in [5.74, 6) is -3.24. The molecule has 1 heterocycles. The molecule has 1 N–H and O–H groups in total. The minimum Gasteiger partial charge on any atom is -0.480 e. The quantitative estimate of drug-likeness (QED) is 0.573. The van der Waals surface area contributed by atoms with Gasteiger partial charge < -0.3 is 5.11 Å². The molecule has 1 saturated heterocycles. The summed E-state index contributed by atoms with van der Waals surface area (Å²) in [7, 11) is 0. The van der Waals surface area contributed by atoms with E-state index in [0.29, 0.717) is 17.7 Å². The van der Waals surface area contributed by atoms with Gasteiger partial charge in [-0.15, -0.1) is 0 Å². The average molecular weight is 254 g/mol. The van der Waals surface area contributed by atoms with E-state index in [0.717, 1.165) is 24.2 Å². The molecule has 0 unspecified atom stereocenters. The Balaban J connectivity index is 2.16. The molecule has 0 aromatic heterocycles. The number of imide groups is 2. The first-order chi connectivity index (χ1) is 8.52. The second kappa shape index (κ2) is 4.75. The highest BCUT2D eigenvalue weighted by molar-refractivity contribution is 6.45. The van der Waals surface area contributed by atoms with E-state index in [1.807, 2.05) is 0 Å². The van der Waals surface area contributed by atoms with Crippen LogP contribution in [0.15, 0.2) is 0 Å². The number of hydrogen-bond donors (Lipinski definition) is 1. The second-order valence-corrected chi connectivity index (χ2v) is 4.53. The molecular formula is C11H14N2O5. The molecule has 18 heavy (non-hydrogen) atoms. The number of carbonyl (C=O) groups is 4. The number of amides is 4. The molecule has 1 aliphatic carbocycles. The third-order valence-corrected chi connectivity index (χ3v) is 3.32. The summed E-state index contributed by atoms with van der Waals surface area (Å²) in [6, 6.07) is -1.05. The molecule has 7 heteroatoms. The molecule has 0 atom stereocenters. The van der Waals surface area contributed by atoms with E-state index < -0.39 is 30.4 Å². The Morgan fingerprint density at radius 1 is 1.11 bits per heavy atom. The predicted octanol–water partition coefficient (Wildman–Crippen LogP) is 0.194. The number of rotatable bonds is 3. The lowest BCUT2D eigenvalue weighted by Gasteiger charge is -2.28. The summed E-state index contributed by atoms with van der Waals surface area (Å²) in [6.07, 6.45) is 4.25. The van der Waals surface area contributed by atoms with Crippen LogP contribution in [0, 0.1) is 0 Å². The van der Waals surface area contributed by atoms with Gasteiger partial charge in [-0.3, -0.25) is 19.3 Å². The fourth-order valence-corrected chi connectivity index (χ4v) is 2.46. The molecule has 2 rings (SSSR count). The summed E-state index contributed by atoms with van der Waals surface area (Å²) in [5.41, 5.74) is 0. The Labute approximate surface area is 103 Å². The van der Waals surface area contributed by atoms with Crippen LogP contribution in [-0.4, -0.2) is 51.3 Å². The highest BCUT2D eigenvalue weighted by atomic mass is 16.4. The first-order valence-electron chi connectivity index (χ1n) is 5.93. The van der Waals surface area contributed by atoms with Crippen LogP contribution in [-0.2, 0) is 14.4 Å². The van der Waals surface area contributed by atoms with Crippen LogP contribution < -0.4 is 0 Å². The second-order valence-electron chi connectivity index (χ2n) is 4.53. The van der Waals surface area contributed by atoms with Gasteiger partial charge in [0.05, 0.1) is 0 Å². The minimum atomic E-state index is -1.31. The molecule has 0 aromatic rings. The normalized spacial score (nSPS) is 21.9. The molecule has 1 aliphatic heterocycles. The Morgan fingerprint density at radius 3 is 2.28 bits per heavy atom. The van der Waals surface area contributed by atoms with E-state index in [1.54, 1.807) is 0 Å². The topological polar surface area (TPSA) is 95.0 Å². The van der Waals surface area contributed by atoms with Crippen LogP contribution in [0.25, 0.3) is 0 Å². The molecule has 4 amide bonds. The summed E-state index contributed by atoms with van der Waals surface area (Å²) in [6.45, 7) is -0.757. The average Bonchev–Trinajstić information content (AvgIpc) is 2.54. The van der Waals surface area contributed by atoms with Gasteiger partial charge in [-0.2, -0.15) is 0 Å². The molecule has 0 bridgehead atoms. The molecule has 2 aliphatic rings. The third kappa shape index (κ3) is 2.07. The van der Waals surface area contributed by atoms with Crippen LogP contribution in [0.5, 0.6) is 0 Å². The number of hydrogen-bond acceptors (Lipinski definition) is 4. The molecule has 7 nitrogen and oxygen atoms in total. The van der Waals surface area contributed by atoms with Gasteiger partial charge in [-0.25, -0.2) is 9.69 Å². The maximum atomic E-state index is 11.9. The molecular weight excluding hydrogens is 240 g/mol. The summed E-state index contributed by atoms with van der Waals surface area (Å²) in [5, 5.41) is 8.62. The highest BCUT2D eigenvalue weighted by Gasteiger charge is 2.48. The van der Waals surface area contributed by atoms with Crippen LogP contribution in [0.1, 0.15) is 32.1 Å². The van der Waals surface area contributed by atoms with E-state index >= 15 is 0 Å². The summed E-state index contributed by atoms with van der Waals surface area (Å²) < 4.78 is 0. The molecule has 1 saturated carbocycles. The van der Waals surface area contributed by atoms with E-state index in [9.17, 15) is 19.2 Å². The maximum Gasteiger partial charge on any atom is 0.335 e. The van der Waals surface area contributed by atoms with Crippen molar-refractivity contribution in [3.63, 3.8) is 0 Å². The first-order valence-corrected chi connectivity index (χ1v) is 5.93. The number of aliphatic carboxylic acids is 1. The predicted molar refractivity (Wildman–Crippen MR) is 58.5 cm³/mol. The zero-order valence-corrected chi connectivity index (χ0v) is 9.79. The standard InChI is InChI=1S/C11H14N2O5/c14-8(15)6-12-9(16)10(17)13(11(12)18)7-4-2-1-3-5-7/h7H,1-6H2,(H,14,15). The van der Waals surface area contributed by atoms with E-state index in [2.05, 4.69) is 0 Å². The molecule has 98 valence electrons. The fraction of sp³-hybridized carbons (Fsp3) is 0.636. The van der Waals surface area contributed by atoms with E-state index in [-0.39, 0.29) is 6.04 Å². The molecule has 0 aromatic carbocycles. The highest BCUT2D eigenvalue weighted by Crippen LogP contribution is 2.26. The van der Waals surface area contributed by atoms with E-state index in [1.165, 1.54) is 0 Å². The lowest BCUT2D eigenvalue weighted by Crippen LogP contribution is -2.43. The van der Waals surface area contributed by atoms with Crippen LogP contribution in [0.3, 0.4) is 0 Å². The lowest BCUT2D eigenvalue weighted by molar-refractivity contribution is -0.146. The Hall–Kier alpha value is -1.92. The monoisotopic (exact) mass is 254 g/mol. The van der Waals surface area contributed by atoms with Crippen LogP contribution >= 0.6 is 0 Å². The summed E-state index contributed by atoms with van der Waals surface area (Å²) >= 11 is 0. The first kappa shape index (κ1) is 12.5. The van der Waals surface area contributed by atoms with Crippen molar-refractivity contribution >= 4 is 23.8 Å². The third-order valence-electron chi connectivity index (χ3n) is 3.32. The summed E-state index contributed by atoms with van der Waals surface area (Å²) in [4.78, 5) is 47.2. The van der Waals surface area contributed by atoms with E-state index in [4.69, 9.17) is 5.11 Å². The smallest absolute Gasteiger partial charge is 0.335 e. The van der Waals surface area contributed by atoms with Crippen molar-refractivity contribution in [2.75, 3.05) is 6.54 Å². The molecule has 2 fully saturated rings. The molecule has 0 radical (unpaired) electrons. The van der Waals surface area contributed by atoms with Gasteiger partial charge in [0.25, 0.3) is 0 Å². The number of carbonyl (C=O) groups excluding carboxylic acids is 3. The van der Waals surface area contributed by atoms with Gasteiger partial charge in [0.1, 0.15) is 6.54 Å². The van der Waals surface area contributed by atoms with Gasteiger partial charge in [0.15, 0.2) is 0 Å². The van der Waals surface area contributed by atoms with Crippen molar-refractivity contribution < 1.29 is 24.3 Å². The van der Waals surface area contributed by atoms with Crippen molar-refractivity contribution in [1.82, 2.24) is 9.80 Å². The Kier molecular flexibility index (Phi) is 3.31. The van der Waals surface area contributed by atoms with Crippen molar-refractivity contribution in [3.8, 4) is 0 Å². The Morgan fingerprint density at radius 2 is 1.72 bits per heavy atom. The zero-order valence-electron chi connectivity index (χ0n) is 9.79. The van der Waals surface area contributed by atoms with Gasteiger partial charge in [-0.05, 0) is 12.8 Å². The van der Waals surface area contributed by atoms with Crippen LogP contribution in [0.2, 0.25) is 0 Å². The Bertz CT molecular complexity index is 414. The number of carboxylic acid groups (broad SMARTS) is 1. The van der Waals surface area contributed by atoms with Crippen molar-refractivity contribution in [2.45, 2.75) is 38.1 Å². The maximum absolute atomic E-state index is 11.9. The number of carboxylic acids is 1. The number of urea groups is 1. The van der Waals surface area contributed by atoms with Crippen molar-refractivity contribution in [3.05, 3.63) is 0 Å². The molecule has 0 spiro atoms. The van der Waals surface area contributed by atoms with Crippen LogP contribution in [0.4, 0.5) is 4.79 Å².